The summed E-state index contributed by atoms with van der Waals surface area (Å²) in [5.74, 6) is -7.50. The highest BCUT2D eigenvalue weighted by Crippen LogP contribution is 2.46. The number of allylic oxidation sites excluding steroid dienone is 1. The number of benzene rings is 4. The van der Waals surface area contributed by atoms with E-state index in [0.29, 0.717) is 46.4 Å². The van der Waals surface area contributed by atoms with Gasteiger partial charge >= 0.3 is 11.9 Å². The Kier molecular flexibility index (Phi) is 10.1. The molecule has 0 aromatic heterocycles. The summed E-state index contributed by atoms with van der Waals surface area (Å²) in [4.78, 5) is 25.4. The second-order valence-corrected chi connectivity index (χ2v) is 11.7. The summed E-state index contributed by atoms with van der Waals surface area (Å²) in [5, 5.41) is 94.8. The van der Waals surface area contributed by atoms with Crippen LogP contribution in [0, 0.1) is 0 Å². The van der Waals surface area contributed by atoms with E-state index in [9.17, 15) is 55.5 Å². The number of likely N-dealkylation sites (N-methyl/N-ethyl adjacent to an activating group) is 1. The first-order chi connectivity index (χ1) is 23.8. The molecule has 1 aliphatic carbocycles. The van der Waals surface area contributed by atoms with E-state index in [-0.39, 0.29) is 47.1 Å². The van der Waals surface area contributed by atoms with Crippen LogP contribution in [0.15, 0.2) is 60.7 Å². The first kappa shape index (κ1) is 35.0. The monoisotopic (exact) mass is 685 g/mol. The molecule has 0 bridgehead atoms. The van der Waals surface area contributed by atoms with Crippen LogP contribution >= 0.6 is 0 Å². The average Bonchev–Trinajstić information content (AvgIpc) is 3.08. The topological polar surface area (TPSA) is 237 Å². The summed E-state index contributed by atoms with van der Waals surface area (Å²) in [6.45, 7) is 2.13. The van der Waals surface area contributed by atoms with Crippen molar-refractivity contribution in [2.75, 3.05) is 13.1 Å². The van der Waals surface area contributed by atoms with Gasteiger partial charge in [0, 0.05) is 24.1 Å². The van der Waals surface area contributed by atoms with Gasteiger partial charge in [0.15, 0.2) is 40.2 Å². The second-order valence-electron chi connectivity index (χ2n) is 11.7. The number of carbonyl (C=O) groups is 2. The van der Waals surface area contributed by atoms with Gasteiger partial charge in [-0.1, -0.05) is 25.1 Å². The Morgan fingerprint density at radius 1 is 0.820 bits per heavy atom. The molecule has 13 heteroatoms. The lowest BCUT2D eigenvalue weighted by atomic mass is 9.83. The van der Waals surface area contributed by atoms with E-state index in [1.54, 1.807) is 25.1 Å². The minimum atomic E-state index is -1.80. The highest BCUT2D eigenvalue weighted by molar-refractivity contribution is 5.96. The molecule has 10 N–H and O–H groups in total. The SMILES string of the molecule is CCNC[C@@H](c1cc(O)c(O)c(O)c1)[C@@H](OC(=O)/C=C/c1cc(O)c(O)c2c1C=C(c1cc(O)c(O)cc1-c1cccc(O)c1)CC2)C(=O)O. The lowest BCUT2D eigenvalue weighted by Gasteiger charge is -2.25. The van der Waals surface area contributed by atoms with E-state index >= 15 is 0 Å². The van der Waals surface area contributed by atoms with Crippen molar-refractivity contribution in [3.8, 4) is 57.1 Å². The smallest absolute Gasteiger partial charge is 0.345 e. The van der Waals surface area contributed by atoms with Crippen molar-refractivity contribution < 1.29 is 60.3 Å². The number of ether oxygens (including phenoxy) is 1. The van der Waals surface area contributed by atoms with Crippen LogP contribution in [-0.2, 0) is 20.7 Å². The van der Waals surface area contributed by atoms with Gasteiger partial charge in [-0.25, -0.2) is 9.59 Å². The summed E-state index contributed by atoms with van der Waals surface area (Å²) >= 11 is 0. The Morgan fingerprint density at radius 3 is 2.12 bits per heavy atom. The molecule has 0 saturated carbocycles. The fraction of sp³-hybridized carbons (Fsp3) is 0.189. The molecule has 0 saturated heterocycles. The maximum Gasteiger partial charge on any atom is 0.345 e. The minimum Gasteiger partial charge on any atom is -0.508 e. The molecule has 4 aromatic carbocycles. The maximum atomic E-state index is 13.1. The fourth-order valence-electron chi connectivity index (χ4n) is 5.95. The summed E-state index contributed by atoms with van der Waals surface area (Å²) in [5.41, 5.74) is 3.33. The van der Waals surface area contributed by atoms with E-state index < -0.39 is 47.0 Å². The number of phenols is 8. The lowest BCUT2D eigenvalue weighted by molar-refractivity contribution is -0.162. The number of carbonyl (C=O) groups excluding carboxylic acids is 1. The minimum absolute atomic E-state index is 0.0128. The van der Waals surface area contributed by atoms with Crippen molar-refractivity contribution in [3.63, 3.8) is 0 Å². The number of hydrogen-bond acceptors (Lipinski definition) is 12. The number of aliphatic carboxylic acids is 1. The molecule has 0 heterocycles. The van der Waals surface area contributed by atoms with Crippen LogP contribution in [0.5, 0.6) is 46.0 Å². The lowest BCUT2D eigenvalue weighted by Crippen LogP contribution is -2.38. The number of fused-ring (bicyclic) bond motifs is 1. The number of carboxylic acids is 1. The zero-order valence-corrected chi connectivity index (χ0v) is 26.7. The van der Waals surface area contributed by atoms with E-state index in [4.69, 9.17) is 4.74 Å². The van der Waals surface area contributed by atoms with Gasteiger partial charge in [0.05, 0.1) is 0 Å². The molecule has 0 amide bonds. The third kappa shape index (κ3) is 7.22. The van der Waals surface area contributed by atoms with Gasteiger partial charge in [-0.3, -0.25) is 0 Å². The first-order valence-corrected chi connectivity index (χ1v) is 15.5. The van der Waals surface area contributed by atoms with E-state index in [1.165, 1.54) is 36.4 Å². The molecule has 260 valence electrons. The quantitative estimate of drug-likeness (QED) is 0.0576. The van der Waals surface area contributed by atoms with Gasteiger partial charge in [0.25, 0.3) is 0 Å². The molecular formula is C37H35NO12. The van der Waals surface area contributed by atoms with Crippen molar-refractivity contribution >= 4 is 29.7 Å². The van der Waals surface area contributed by atoms with Crippen LogP contribution in [0.25, 0.3) is 28.9 Å². The summed E-state index contributed by atoms with van der Waals surface area (Å²) < 4.78 is 5.35. The van der Waals surface area contributed by atoms with Crippen LogP contribution in [0.2, 0.25) is 0 Å². The van der Waals surface area contributed by atoms with Crippen molar-refractivity contribution in [2.24, 2.45) is 0 Å². The Bertz CT molecular complexity index is 2010. The Morgan fingerprint density at radius 2 is 1.48 bits per heavy atom. The number of rotatable bonds is 11. The third-order valence-corrected chi connectivity index (χ3v) is 8.42. The van der Waals surface area contributed by atoms with Gasteiger partial charge in [-0.2, -0.15) is 0 Å². The Hall–Kier alpha value is -6.34. The summed E-state index contributed by atoms with van der Waals surface area (Å²) in [6, 6.07) is 12.4. The zero-order chi connectivity index (χ0) is 36.3. The highest BCUT2D eigenvalue weighted by atomic mass is 16.6. The largest absolute Gasteiger partial charge is 0.508 e. The van der Waals surface area contributed by atoms with Crippen molar-refractivity contribution in [1.29, 1.82) is 0 Å². The normalized spacial score (nSPS) is 13.7. The van der Waals surface area contributed by atoms with Crippen LogP contribution in [-0.4, -0.2) is 77.1 Å². The Balaban J connectivity index is 1.51. The van der Waals surface area contributed by atoms with E-state index in [1.807, 2.05) is 0 Å². The van der Waals surface area contributed by atoms with Crippen LogP contribution < -0.4 is 5.32 Å². The third-order valence-electron chi connectivity index (χ3n) is 8.42. The molecule has 50 heavy (non-hydrogen) atoms. The van der Waals surface area contributed by atoms with Crippen LogP contribution in [0.4, 0.5) is 0 Å². The predicted molar refractivity (Wildman–Crippen MR) is 182 cm³/mol. The van der Waals surface area contributed by atoms with Gasteiger partial charge in [-0.05, 0) is 107 Å². The predicted octanol–water partition coefficient (Wildman–Crippen LogP) is 4.89. The van der Waals surface area contributed by atoms with E-state index in [2.05, 4.69) is 5.32 Å². The van der Waals surface area contributed by atoms with E-state index in [0.717, 1.165) is 18.2 Å². The fourth-order valence-corrected chi connectivity index (χ4v) is 5.95. The molecule has 0 radical (unpaired) electrons. The zero-order valence-electron chi connectivity index (χ0n) is 26.7. The first-order valence-electron chi connectivity index (χ1n) is 15.5. The number of phenolic OH excluding ortho intramolecular Hbond substituents is 8. The molecule has 0 spiro atoms. The second kappa shape index (κ2) is 14.4. The summed E-state index contributed by atoms with van der Waals surface area (Å²) in [7, 11) is 0. The van der Waals surface area contributed by atoms with Crippen molar-refractivity contribution in [3.05, 3.63) is 88.5 Å². The standard InChI is InChI=1S/C37H35NO12/c1-2-38-17-27(21-13-31(43)35(47)32(44)14-21)36(37(48)49)50-33(45)9-7-20-12-30(42)34(46)23-8-6-19(11-24(20)23)26-16-29(41)28(40)15-25(26)18-4-3-5-22(39)10-18/h3-5,7,9-16,27,36,38-44,46-47H,2,6,8,17H2,1H3,(H,48,49)/b9-7+/t27-,36+/m0/s1. The van der Waals surface area contributed by atoms with Crippen LogP contribution in [0.3, 0.4) is 0 Å². The molecule has 1 aliphatic rings. The number of aromatic hydroxyl groups is 8. The molecule has 2 atom stereocenters. The molecule has 13 nitrogen and oxygen atoms in total. The number of esters is 1. The van der Waals surface area contributed by atoms with Crippen LogP contribution in [0.1, 0.15) is 47.1 Å². The molecule has 4 aromatic rings. The maximum absolute atomic E-state index is 13.1. The molecule has 0 fully saturated rings. The average molecular weight is 686 g/mol. The van der Waals surface area contributed by atoms with Gasteiger partial charge in [0.2, 0.25) is 6.10 Å². The highest BCUT2D eigenvalue weighted by Gasteiger charge is 2.34. The molecular weight excluding hydrogens is 650 g/mol. The Labute approximate surface area is 285 Å². The molecule has 0 unspecified atom stereocenters. The number of nitrogens with one attached hydrogen (secondary N) is 1. The van der Waals surface area contributed by atoms with Crippen molar-refractivity contribution in [1.82, 2.24) is 5.32 Å². The van der Waals surface area contributed by atoms with Gasteiger partial charge < -0.3 is 56.0 Å². The van der Waals surface area contributed by atoms with Gasteiger partial charge in [0.1, 0.15) is 5.75 Å². The number of carboxylic acid groups (broad SMARTS) is 1. The molecule has 0 aliphatic heterocycles. The van der Waals surface area contributed by atoms with Gasteiger partial charge in [-0.15, -0.1) is 0 Å². The van der Waals surface area contributed by atoms with Crippen molar-refractivity contribution in [2.45, 2.75) is 31.8 Å². The summed E-state index contributed by atoms with van der Waals surface area (Å²) in [6.07, 6.45) is 2.68. The molecule has 5 rings (SSSR count). The number of hydrogen-bond donors (Lipinski definition) is 10.